The molecule has 0 atom stereocenters. The van der Waals surface area contributed by atoms with Crippen molar-refractivity contribution >= 4 is 33.5 Å². The lowest BCUT2D eigenvalue weighted by Gasteiger charge is -1.99. The molecule has 1 heterocycles. The van der Waals surface area contributed by atoms with Crippen LogP contribution in [0.3, 0.4) is 0 Å². The molecule has 0 spiro atoms. The Labute approximate surface area is 129 Å². The number of carbonyl (C=O) groups is 1. The highest BCUT2D eigenvalue weighted by Crippen LogP contribution is 2.29. The van der Waals surface area contributed by atoms with Crippen molar-refractivity contribution in [3.05, 3.63) is 33.6 Å². The quantitative estimate of drug-likeness (QED) is 0.790. The van der Waals surface area contributed by atoms with Crippen LogP contribution in [0.15, 0.2) is 27.1 Å². The third-order valence-corrected chi connectivity index (χ3v) is 3.55. The third-order valence-electron chi connectivity index (χ3n) is 2.66. The van der Waals surface area contributed by atoms with Crippen molar-refractivity contribution in [2.75, 3.05) is 0 Å². The number of hydrogen-bond donors (Lipinski definition) is 1. The predicted molar refractivity (Wildman–Crippen MR) is 77.6 cm³/mol. The highest BCUT2D eigenvalue weighted by Gasteiger charge is 2.12. The highest BCUT2D eigenvalue weighted by atomic mass is 79.9. The number of aryl methyl sites for hydroxylation is 1. The zero-order valence-corrected chi connectivity index (χ0v) is 12.8. The van der Waals surface area contributed by atoms with Crippen LogP contribution in [-0.2, 0) is 11.2 Å². The topological polar surface area (TPSA) is 76.2 Å². The van der Waals surface area contributed by atoms with E-state index in [1.165, 1.54) is 0 Å². The average molecular weight is 360 g/mol. The molecule has 0 saturated heterocycles. The van der Waals surface area contributed by atoms with Crippen molar-refractivity contribution in [3.63, 3.8) is 0 Å². The van der Waals surface area contributed by atoms with Gasteiger partial charge in [0.05, 0.1) is 5.56 Å². The van der Waals surface area contributed by atoms with Crippen molar-refractivity contribution in [1.29, 1.82) is 0 Å². The Hall–Kier alpha value is -1.40. The van der Waals surface area contributed by atoms with Gasteiger partial charge >= 0.3 is 5.97 Å². The van der Waals surface area contributed by atoms with Gasteiger partial charge in [-0.25, -0.2) is 0 Å². The summed E-state index contributed by atoms with van der Waals surface area (Å²) in [7, 11) is 0. The minimum atomic E-state index is -0.790. The molecule has 0 aliphatic rings. The Morgan fingerprint density at radius 3 is 2.85 bits per heavy atom. The van der Waals surface area contributed by atoms with Gasteiger partial charge in [0.1, 0.15) is 0 Å². The van der Waals surface area contributed by atoms with Crippen LogP contribution in [-0.4, -0.2) is 21.3 Å². The van der Waals surface area contributed by atoms with E-state index in [-0.39, 0.29) is 6.42 Å². The van der Waals surface area contributed by atoms with Gasteiger partial charge in [-0.15, -0.1) is 10.2 Å². The SMILES string of the molecule is O=C(O)CCCCc1nnc(-c2ccc(Cl)cc2Br)o1. The first-order chi connectivity index (χ1) is 9.56. The first-order valence-corrected chi connectivity index (χ1v) is 7.23. The second kappa shape index (κ2) is 6.85. The van der Waals surface area contributed by atoms with Gasteiger partial charge in [-0.2, -0.15) is 0 Å². The van der Waals surface area contributed by atoms with Crippen molar-refractivity contribution in [3.8, 4) is 11.5 Å². The van der Waals surface area contributed by atoms with E-state index >= 15 is 0 Å². The van der Waals surface area contributed by atoms with Gasteiger partial charge in [-0.3, -0.25) is 4.79 Å². The minimum Gasteiger partial charge on any atom is -0.481 e. The van der Waals surface area contributed by atoms with E-state index in [0.717, 1.165) is 10.0 Å². The van der Waals surface area contributed by atoms with Crippen molar-refractivity contribution in [1.82, 2.24) is 10.2 Å². The predicted octanol–water partition coefficient (Wildman–Crippen LogP) is 3.95. The maximum absolute atomic E-state index is 10.4. The molecule has 0 bridgehead atoms. The summed E-state index contributed by atoms with van der Waals surface area (Å²) < 4.78 is 6.34. The Morgan fingerprint density at radius 1 is 1.35 bits per heavy atom. The smallest absolute Gasteiger partial charge is 0.303 e. The third kappa shape index (κ3) is 4.05. The van der Waals surface area contributed by atoms with Gasteiger partial charge in [0.25, 0.3) is 0 Å². The number of carboxylic acid groups (broad SMARTS) is 1. The summed E-state index contributed by atoms with van der Waals surface area (Å²) in [5.74, 6) is 0.135. The molecular formula is C13H12BrClN2O3. The standard InChI is InChI=1S/C13H12BrClN2O3/c14-10-7-8(15)5-6-9(10)13-17-16-11(20-13)3-1-2-4-12(18)19/h5-7H,1-4H2,(H,18,19). The summed E-state index contributed by atoms with van der Waals surface area (Å²) in [5, 5.41) is 17.1. The Balaban J connectivity index is 1.99. The van der Waals surface area contributed by atoms with Crippen molar-refractivity contribution in [2.45, 2.75) is 25.7 Å². The summed E-state index contributed by atoms with van der Waals surface area (Å²) in [6.07, 6.45) is 2.03. The van der Waals surface area contributed by atoms with Gasteiger partial charge in [-0.1, -0.05) is 11.6 Å². The van der Waals surface area contributed by atoms with Gasteiger partial charge in [0.2, 0.25) is 11.8 Å². The number of nitrogens with zero attached hydrogens (tertiary/aromatic N) is 2. The molecule has 1 aromatic heterocycles. The second-order valence-corrected chi connectivity index (χ2v) is 5.52. The van der Waals surface area contributed by atoms with Crippen molar-refractivity contribution < 1.29 is 14.3 Å². The maximum Gasteiger partial charge on any atom is 0.303 e. The summed E-state index contributed by atoms with van der Waals surface area (Å²) in [5.41, 5.74) is 0.777. The maximum atomic E-state index is 10.4. The summed E-state index contributed by atoms with van der Waals surface area (Å²) in [4.78, 5) is 10.4. The molecule has 2 aromatic rings. The van der Waals surface area contributed by atoms with Crippen LogP contribution >= 0.6 is 27.5 Å². The number of rotatable bonds is 6. The first kappa shape index (κ1) is 15.0. The molecule has 0 radical (unpaired) electrons. The van der Waals surface area contributed by atoms with Crippen LogP contribution in [0.25, 0.3) is 11.5 Å². The molecule has 2 rings (SSSR count). The minimum absolute atomic E-state index is 0.156. The molecule has 0 aliphatic carbocycles. The van der Waals surface area contributed by atoms with Crippen LogP contribution in [0.1, 0.15) is 25.2 Å². The molecule has 0 fully saturated rings. The lowest BCUT2D eigenvalue weighted by Crippen LogP contribution is -1.95. The molecule has 5 nitrogen and oxygen atoms in total. The molecule has 1 N–H and O–H groups in total. The average Bonchev–Trinajstić information content (AvgIpc) is 2.83. The summed E-state index contributed by atoms with van der Waals surface area (Å²) in [6, 6.07) is 5.31. The molecule has 0 amide bonds. The van der Waals surface area contributed by atoms with Gasteiger partial charge in [0, 0.05) is 22.3 Å². The number of benzene rings is 1. The van der Waals surface area contributed by atoms with E-state index in [2.05, 4.69) is 26.1 Å². The molecular weight excluding hydrogens is 348 g/mol. The largest absolute Gasteiger partial charge is 0.481 e. The second-order valence-electron chi connectivity index (χ2n) is 4.23. The highest BCUT2D eigenvalue weighted by molar-refractivity contribution is 9.10. The lowest BCUT2D eigenvalue weighted by atomic mass is 10.2. The van der Waals surface area contributed by atoms with Crippen molar-refractivity contribution in [2.24, 2.45) is 0 Å². The Kier molecular flexibility index (Phi) is 5.14. The number of carboxylic acids is 1. The zero-order chi connectivity index (χ0) is 14.5. The number of unbranched alkanes of at least 4 members (excludes halogenated alkanes) is 1. The van der Waals surface area contributed by atoms with Crippen LogP contribution < -0.4 is 0 Å². The summed E-state index contributed by atoms with van der Waals surface area (Å²) >= 11 is 9.27. The lowest BCUT2D eigenvalue weighted by molar-refractivity contribution is -0.137. The van der Waals surface area contributed by atoms with Crippen LogP contribution in [0.5, 0.6) is 0 Å². The fourth-order valence-electron chi connectivity index (χ4n) is 1.68. The van der Waals surface area contributed by atoms with E-state index < -0.39 is 5.97 Å². The number of hydrogen-bond acceptors (Lipinski definition) is 4. The number of aromatic nitrogens is 2. The number of aliphatic carboxylic acids is 1. The Morgan fingerprint density at radius 2 is 2.15 bits per heavy atom. The van der Waals surface area contributed by atoms with Gasteiger partial charge in [-0.05, 0) is 47.0 Å². The van der Waals surface area contributed by atoms with E-state index in [9.17, 15) is 4.79 Å². The van der Waals surface area contributed by atoms with Crippen LogP contribution in [0, 0.1) is 0 Å². The van der Waals surface area contributed by atoms with Crippen LogP contribution in [0.4, 0.5) is 0 Å². The molecule has 0 saturated carbocycles. The molecule has 1 aromatic carbocycles. The van der Waals surface area contributed by atoms with E-state index in [1.807, 2.05) is 0 Å². The summed E-state index contributed by atoms with van der Waals surface area (Å²) in [6.45, 7) is 0. The molecule has 0 unspecified atom stereocenters. The van der Waals surface area contributed by atoms with E-state index in [1.54, 1.807) is 18.2 Å². The van der Waals surface area contributed by atoms with Gasteiger partial charge < -0.3 is 9.52 Å². The van der Waals surface area contributed by atoms with Gasteiger partial charge in [0.15, 0.2) is 0 Å². The fourth-order valence-corrected chi connectivity index (χ4v) is 2.53. The first-order valence-electron chi connectivity index (χ1n) is 6.06. The molecule has 106 valence electrons. The monoisotopic (exact) mass is 358 g/mol. The molecule has 20 heavy (non-hydrogen) atoms. The number of halogens is 2. The normalized spacial score (nSPS) is 10.7. The van der Waals surface area contributed by atoms with E-state index in [4.69, 9.17) is 21.1 Å². The molecule has 0 aliphatic heterocycles. The zero-order valence-electron chi connectivity index (χ0n) is 10.5. The fraction of sp³-hybridized carbons (Fsp3) is 0.308. The Bertz CT molecular complexity index is 615. The van der Waals surface area contributed by atoms with E-state index in [0.29, 0.717) is 36.1 Å². The van der Waals surface area contributed by atoms with Crippen LogP contribution in [0.2, 0.25) is 5.02 Å². The molecule has 7 heteroatoms.